The maximum Gasteiger partial charge on any atom is 0.220 e. The molecule has 1 heterocycles. The molecule has 1 aliphatic rings. The minimum Gasteiger partial charge on any atom is -0.394 e. The van der Waals surface area contributed by atoms with E-state index in [0.717, 1.165) is 44.9 Å². The average molecular weight is 906 g/mol. The normalized spacial score (nSPS) is 20.3. The minimum absolute atomic E-state index is 0.180. The molecule has 1 fully saturated rings. The summed E-state index contributed by atoms with van der Waals surface area (Å²) in [5.74, 6) is -0.180. The zero-order chi connectivity index (χ0) is 46.6. The molecule has 1 rings (SSSR count). The Morgan fingerprint density at radius 2 is 0.922 bits per heavy atom. The number of allylic oxidation sites excluding steroid dienone is 5. The minimum atomic E-state index is -1.57. The molecule has 1 aliphatic heterocycles. The molecule has 7 unspecified atom stereocenters. The summed E-state index contributed by atoms with van der Waals surface area (Å²) in [5.41, 5.74) is 0. The van der Waals surface area contributed by atoms with Gasteiger partial charge in [0.1, 0.15) is 24.4 Å². The number of aliphatic hydroxyl groups is 5. The Morgan fingerprint density at radius 3 is 1.34 bits per heavy atom. The van der Waals surface area contributed by atoms with Crippen LogP contribution in [0.2, 0.25) is 0 Å². The van der Waals surface area contributed by atoms with Gasteiger partial charge in [-0.15, -0.1) is 0 Å². The number of unbranched alkanes of at least 4 members (excludes halogenated alkanes) is 32. The van der Waals surface area contributed by atoms with Gasteiger partial charge in [0, 0.05) is 6.42 Å². The summed E-state index contributed by atoms with van der Waals surface area (Å²) in [6.07, 6.45) is 50.5. The molecule has 0 spiro atoms. The lowest BCUT2D eigenvalue weighted by molar-refractivity contribution is -0.302. The summed E-state index contributed by atoms with van der Waals surface area (Å²) in [5, 5.41) is 54.4. The number of hydrogen-bond donors (Lipinski definition) is 6. The molecule has 1 saturated heterocycles. The SMILES string of the molecule is CCCCCCCCCCC/C=C\C/C=C\CCCCCCCCCCCC(=O)NC(COC1OC(CO)C(O)C(O)C1O)C(O)/C=C/CCCCCCCCCCCCCCCC. The molecule has 0 aliphatic carbocycles. The summed E-state index contributed by atoms with van der Waals surface area (Å²) in [4.78, 5) is 13.0. The highest BCUT2D eigenvalue weighted by atomic mass is 16.7. The van der Waals surface area contributed by atoms with Crippen LogP contribution < -0.4 is 5.32 Å². The Hall–Kier alpha value is -1.59. The number of amides is 1. The van der Waals surface area contributed by atoms with Gasteiger partial charge in [-0.3, -0.25) is 4.79 Å². The zero-order valence-electron chi connectivity index (χ0n) is 41.5. The van der Waals surface area contributed by atoms with Crippen LogP contribution in [0, 0.1) is 0 Å². The van der Waals surface area contributed by atoms with Gasteiger partial charge in [0.05, 0.1) is 25.4 Å². The van der Waals surface area contributed by atoms with Crippen LogP contribution in [0.4, 0.5) is 0 Å². The first-order valence-electron chi connectivity index (χ1n) is 27.2. The molecular weight excluding hydrogens is 803 g/mol. The molecule has 1 amide bonds. The third-order valence-electron chi connectivity index (χ3n) is 13.0. The van der Waals surface area contributed by atoms with E-state index in [2.05, 4.69) is 43.5 Å². The lowest BCUT2D eigenvalue weighted by Crippen LogP contribution is -2.60. The molecule has 0 aromatic carbocycles. The van der Waals surface area contributed by atoms with Crippen LogP contribution in [0.1, 0.15) is 251 Å². The van der Waals surface area contributed by atoms with Crippen LogP contribution in [0.3, 0.4) is 0 Å². The molecule has 0 aromatic rings. The van der Waals surface area contributed by atoms with E-state index in [0.29, 0.717) is 6.42 Å². The molecule has 0 aromatic heterocycles. The van der Waals surface area contributed by atoms with Crippen molar-refractivity contribution in [2.75, 3.05) is 13.2 Å². The van der Waals surface area contributed by atoms with E-state index in [-0.39, 0.29) is 12.5 Å². The van der Waals surface area contributed by atoms with Crippen molar-refractivity contribution < 1.29 is 39.8 Å². The Bertz CT molecular complexity index is 1100. The number of hydrogen-bond acceptors (Lipinski definition) is 8. The predicted octanol–water partition coefficient (Wildman–Crippen LogP) is 12.8. The lowest BCUT2D eigenvalue weighted by Gasteiger charge is -2.40. The van der Waals surface area contributed by atoms with Gasteiger partial charge in [0.15, 0.2) is 6.29 Å². The second-order valence-corrected chi connectivity index (χ2v) is 19.0. The quantitative estimate of drug-likeness (QED) is 0.0261. The van der Waals surface area contributed by atoms with Crippen molar-refractivity contribution in [3.05, 3.63) is 36.5 Å². The molecule has 9 nitrogen and oxygen atoms in total. The first kappa shape index (κ1) is 60.4. The van der Waals surface area contributed by atoms with E-state index in [9.17, 15) is 30.3 Å². The van der Waals surface area contributed by atoms with E-state index >= 15 is 0 Å². The topological polar surface area (TPSA) is 149 Å². The van der Waals surface area contributed by atoms with Crippen molar-refractivity contribution in [1.82, 2.24) is 5.32 Å². The van der Waals surface area contributed by atoms with Gasteiger partial charge in [-0.1, -0.05) is 230 Å². The number of nitrogens with one attached hydrogen (secondary N) is 1. The Balaban J connectivity index is 2.25. The fourth-order valence-electron chi connectivity index (χ4n) is 8.60. The zero-order valence-corrected chi connectivity index (χ0v) is 41.5. The Kier molecular flexibility index (Phi) is 42.7. The fourth-order valence-corrected chi connectivity index (χ4v) is 8.60. The van der Waals surface area contributed by atoms with Crippen LogP contribution >= 0.6 is 0 Å². The van der Waals surface area contributed by atoms with Crippen LogP contribution in [0.5, 0.6) is 0 Å². The third-order valence-corrected chi connectivity index (χ3v) is 13.0. The standard InChI is InChI=1S/C55H103NO8/c1-3-5-7-9-11-13-15-17-19-21-22-23-24-25-26-27-28-29-31-33-35-37-39-41-43-45-51(59)56-48(47-63-55-54(62)53(61)52(60)50(46-57)64-55)49(58)44-42-40-38-36-34-32-30-20-18-16-14-12-10-8-6-4-2/h22-23,25-26,42,44,48-50,52-55,57-58,60-62H,3-21,24,27-41,43,45-47H2,1-2H3,(H,56,59)/b23-22-,26-25-,44-42+. The first-order chi connectivity index (χ1) is 31.3. The molecule has 9 heteroatoms. The van der Waals surface area contributed by atoms with Crippen molar-refractivity contribution in [1.29, 1.82) is 0 Å². The Labute approximate surface area is 393 Å². The summed E-state index contributed by atoms with van der Waals surface area (Å²) in [7, 11) is 0. The fraction of sp³-hybridized carbons (Fsp3) is 0.873. The molecule has 0 bridgehead atoms. The molecule has 6 N–H and O–H groups in total. The van der Waals surface area contributed by atoms with Crippen molar-refractivity contribution in [3.63, 3.8) is 0 Å². The highest BCUT2D eigenvalue weighted by molar-refractivity contribution is 5.76. The van der Waals surface area contributed by atoms with Gasteiger partial charge in [-0.05, 0) is 51.4 Å². The molecular formula is C55H103NO8. The Morgan fingerprint density at radius 1 is 0.531 bits per heavy atom. The van der Waals surface area contributed by atoms with Crippen LogP contribution in [0.25, 0.3) is 0 Å². The van der Waals surface area contributed by atoms with Crippen LogP contribution in [0.15, 0.2) is 36.5 Å². The maximum absolute atomic E-state index is 13.0. The number of carbonyl (C=O) groups excluding carboxylic acids is 1. The number of carbonyl (C=O) groups is 1. The summed E-state index contributed by atoms with van der Waals surface area (Å²) in [6.45, 7) is 3.79. The largest absolute Gasteiger partial charge is 0.394 e. The van der Waals surface area contributed by atoms with Gasteiger partial charge in [0.2, 0.25) is 5.91 Å². The smallest absolute Gasteiger partial charge is 0.220 e. The van der Waals surface area contributed by atoms with E-state index in [1.165, 1.54) is 186 Å². The predicted molar refractivity (Wildman–Crippen MR) is 267 cm³/mol. The van der Waals surface area contributed by atoms with Crippen LogP contribution in [-0.4, -0.2) is 87.5 Å². The highest BCUT2D eigenvalue weighted by Gasteiger charge is 2.44. The molecule has 376 valence electrons. The van der Waals surface area contributed by atoms with Gasteiger partial charge in [-0.25, -0.2) is 0 Å². The van der Waals surface area contributed by atoms with Gasteiger partial charge in [-0.2, -0.15) is 0 Å². The van der Waals surface area contributed by atoms with Gasteiger partial charge < -0.3 is 40.3 Å². The number of ether oxygens (including phenoxy) is 2. The molecule has 7 atom stereocenters. The second-order valence-electron chi connectivity index (χ2n) is 19.0. The number of rotatable bonds is 46. The average Bonchev–Trinajstić information content (AvgIpc) is 3.29. The molecule has 0 radical (unpaired) electrons. The third kappa shape index (κ3) is 34.7. The monoisotopic (exact) mass is 906 g/mol. The summed E-state index contributed by atoms with van der Waals surface area (Å²) >= 11 is 0. The van der Waals surface area contributed by atoms with Crippen molar-refractivity contribution >= 4 is 5.91 Å². The first-order valence-corrected chi connectivity index (χ1v) is 27.2. The van der Waals surface area contributed by atoms with Gasteiger partial charge in [0.25, 0.3) is 0 Å². The van der Waals surface area contributed by atoms with E-state index in [4.69, 9.17) is 9.47 Å². The van der Waals surface area contributed by atoms with Crippen molar-refractivity contribution in [2.45, 2.75) is 294 Å². The summed E-state index contributed by atoms with van der Waals surface area (Å²) < 4.78 is 11.2. The number of aliphatic hydroxyl groups excluding tert-OH is 5. The maximum atomic E-state index is 13.0. The lowest BCUT2D eigenvalue weighted by atomic mass is 9.99. The summed E-state index contributed by atoms with van der Waals surface area (Å²) in [6, 6.07) is -0.806. The van der Waals surface area contributed by atoms with Gasteiger partial charge >= 0.3 is 0 Å². The van der Waals surface area contributed by atoms with E-state index in [1.54, 1.807) is 6.08 Å². The van der Waals surface area contributed by atoms with E-state index in [1.807, 2.05) is 6.08 Å². The highest BCUT2D eigenvalue weighted by Crippen LogP contribution is 2.23. The molecule has 0 saturated carbocycles. The second kappa shape index (κ2) is 45.2. The van der Waals surface area contributed by atoms with Crippen LogP contribution in [-0.2, 0) is 14.3 Å². The van der Waals surface area contributed by atoms with Crippen molar-refractivity contribution in [2.24, 2.45) is 0 Å². The van der Waals surface area contributed by atoms with Crippen molar-refractivity contribution in [3.8, 4) is 0 Å². The van der Waals surface area contributed by atoms with E-state index < -0.39 is 49.5 Å². The molecule has 64 heavy (non-hydrogen) atoms.